The molecule has 1 aromatic rings. The first kappa shape index (κ1) is 13.3. The molecule has 2 rings (SSSR count). The van der Waals surface area contributed by atoms with Crippen LogP contribution in [0.2, 0.25) is 5.02 Å². The van der Waals surface area contributed by atoms with E-state index >= 15 is 0 Å². The van der Waals surface area contributed by atoms with Crippen molar-refractivity contribution in [2.24, 2.45) is 0 Å². The molecule has 0 amide bonds. The van der Waals surface area contributed by atoms with E-state index in [2.05, 4.69) is 36.1 Å². The van der Waals surface area contributed by atoms with E-state index in [9.17, 15) is 0 Å². The molecule has 1 N–H and O–H groups in total. The van der Waals surface area contributed by atoms with Crippen molar-refractivity contribution in [2.75, 3.05) is 11.5 Å². The van der Waals surface area contributed by atoms with Crippen LogP contribution in [0.15, 0.2) is 24.3 Å². The van der Waals surface area contributed by atoms with Crippen LogP contribution in [0.25, 0.3) is 0 Å². The Bertz CT molecular complexity index is 350. The van der Waals surface area contributed by atoms with E-state index in [0.717, 1.165) is 11.4 Å². The molecule has 17 heavy (non-hydrogen) atoms. The van der Waals surface area contributed by atoms with Gasteiger partial charge in [0.05, 0.1) is 0 Å². The molecule has 2 unspecified atom stereocenters. The minimum Gasteiger partial charge on any atom is -0.310 e. The van der Waals surface area contributed by atoms with Crippen LogP contribution in [-0.2, 0) is 6.42 Å². The molecular formula is C14H20ClNS. The lowest BCUT2D eigenvalue weighted by atomic mass is 10.1. The van der Waals surface area contributed by atoms with Gasteiger partial charge >= 0.3 is 0 Å². The van der Waals surface area contributed by atoms with Gasteiger partial charge in [0.1, 0.15) is 0 Å². The Morgan fingerprint density at radius 1 is 1.53 bits per heavy atom. The fourth-order valence-electron chi connectivity index (χ4n) is 2.35. The Labute approximate surface area is 113 Å². The molecular weight excluding hydrogens is 250 g/mol. The number of rotatable bonds is 4. The van der Waals surface area contributed by atoms with E-state index in [0.29, 0.717) is 12.1 Å². The normalized spacial score (nSPS) is 22.4. The molecule has 3 heteroatoms. The predicted octanol–water partition coefficient (Wildman–Crippen LogP) is 3.76. The zero-order valence-corrected chi connectivity index (χ0v) is 11.9. The van der Waals surface area contributed by atoms with Crippen LogP contribution >= 0.6 is 23.4 Å². The quantitative estimate of drug-likeness (QED) is 0.893. The minimum atomic E-state index is 0.525. The highest BCUT2D eigenvalue weighted by atomic mass is 35.5. The van der Waals surface area contributed by atoms with Crippen molar-refractivity contribution in [3.8, 4) is 0 Å². The lowest BCUT2D eigenvalue weighted by Gasteiger charge is -2.26. The number of nitrogens with one attached hydrogen (secondary N) is 1. The highest BCUT2D eigenvalue weighted by Gasteiger charge is 2.15. The summed E-state index contributed by atoms with van der Waals surface area (Å²) >= 11 is 8.07. The molecule has 0 radical (unpaired) electrons. The van der Waals surface area contributed by atoms with Crippen LogP contribution in [0.5, 0.6) is 0 Å². The van der Waals surface area contributed by atoms with E-state index in [1.54, 1.807) is 0 Å². The van der Waals surface area contributed by atoms with Crippen molar-refractivity contribution in [1.29, 1.82) is 0 Å². The van der Waals surface area contributed by atoms with Gasteiger partial charge in [0.25, 0.3) is 0 Å². The van der Waals surface area contributed by atoms with Crippen LogP contribution in [-0.4, -0.2) is 23.6 Å². The zero-order valence-electron chi connectivity index (χ0n) is 10.3. The first-order valence-corrected chi connectivity index (χ1v) is 7.85. The Balaban J connectivity index is 1.82. The van der Waals surface area contributed by atoms with Crippen LogP contribution in [0.4, 0.5) is 0 Å². The fourth-order valence-corrected chi connectivity index (χ4v) is 3.65. The maximum Gasteiger partial charge on any atom is 0.0408 e. The van der Waals surface area contributed by atoms with Gasteiger partial charge in [-0.25, -0.2) is 0 Å². The standard InChI is InChI=1S/C14H20ClNS/c1-11(16-14-6-3-7-17-10-14)8-12-4-2-5-13(15)9-12/h2,4-5,9,11,14,16H,3,6-8,10H2,1H3. The largest absolute Gasteiger partial charge is 0.310 e. The first-order chi connectivity index (χ1) is 8.24. The van der Waals surface area contributed by atoms with Crippen molar-refractivity contribution < 1.29 is 0 Å². The average molecular weight is 270 g/mol. The zero-order chi connectivity index (χ0) is 12.1. The molecule has 94 valence electrons. The van der Waals surface area contributed by atoms with Crippen molar-refractivity contribution in [3.63, 3.8) is 0 Å². The Morgan fingerprint density at radius 2 is 2.41 bits per heavy atom. The van der Waals surface area contributed by atoms with E-state index in [-0.39, 0.29) is 0 Å². The summed E-state index contributed by atoms with van der Waals surface area (Å²) in [6.45, 7) is 2.26. The number of thioether (sulfide) groups is 1. The van der Waals surface area contributed by atoms with E-state index < -0.39 is 0 Å². The van der Waals surface area contributed by atoms with Crippen LogP contribution in [0.1, 0.15) is 25.3 Å². The summed E-state index contributed by atoms with van der Waals surface area (Å²) in [7, 11) is 0. The van der Waals surface area contributed by atoms with E-state index in [1.165, 1.54) is 29.9 Å². The number of benzene rings is 1. The highest BCUT2D eigenvalue weighted by Crippen LogP contribution is 2.18. The summed E-state index contributed by atoms with van der Waals surface area (Å²) in [4.78, 5) is 0. The summed E-state index contributed by atoms with van der Waals surface area (Å²) in [5.41, 5.74) is 1.32. The lowest BCUT2D eigenvalue weighted by molar-refractivity contribution is 0.441. The van der Waals surface area contributed by atoms with Gasteiger partial charge in [-0.05, 0) is 49.6 Å². The molecule has 0 spiro atoms. The molecule has 1 saturated heterocycles. The molecule has 0 bridgehead atoms. The second-order valence-electron chi connectivity index (χ2n) is 4.82. The molecule has 1 aliphatic heterocycles. The van der Waals surface area contributed by atoms with Crippen molar-refractivity contribution >= 4 is 23.4 Å². The van der Waals surface area contributed by atoms with Gasteiger partial charge in [0, 0.05) is 22.9 Å². The number of halogens is 1. The number of hydrogen-bond acceptors (Lipinski definition) is 2. The topological polar surface area (TPSA) is 12.0 Å². The van der Waals surface area contributed by atoms with Crippen LogP contribution in [0, 0.1) is 0 Å². The van der Waals surface area contributed by atoms with Gasteiger partial charge in [0.2, 0.25) is 0 Å². The molecule has 0 aromatic heterocycles. The van der Waals surface area contributed by atoms with Crippen molar-refractivity contribution in [1.82, 2.24) is 5.32 Å². The molecule has 1 fully saturated rings. The van der Waals surface area contributed by atoms with Crippen molar-refractivity contribution in [2.45, 2.75) is 38.3 Å². The van der Waals surface area contributed by atoms with E-state index in [4.69, 9.17) is 11.6 Å². The summed E-state index contributed by atoms with van der Waals surface area (Å²) in [6, 6.07) is 9.40. The second-order valence-corrected chi connectivity index (χ2v) is 6.40. The molecule has 2 atom stereocenters. The molecule has 1 nitrogen and oxygen atoms in total. The maximum absolute atomic E-state index is 6.00. The summed E-state index contributed by atoms with van der Waals surface area (Å²) in [6.07, 6.45) is 3.74. The SMILES string of the molecule is CC(Cc1cccc(Cl)c1)NC1CCCSC1. The minimum absolute atomic E-state index is 0.525. The Hall–Kier alpha value is -0.180. The molecule has 1 heterocycles. The summed E-state index contributed by atoms with van der Waals surface area (Å²) < 4.78 is 0. The van der Waals surface area contributed by atoms with Crippen LogP contribution in [0.3, 0.4) is 0 Å². The summed E-state index contributed by atoms with van der Waals surface area (Å²) in [5, 5.41) is 4.56. The highest BCUT2D eigenvalue weighted by molar-refractivity contribution is 7.99. The van der Waals surface area contributed by atoms with E-state index in [1.807, 2.05) is 12.1 Å². The van der Waals surface area contributed by atoms with Gasteiger partial charge in [-0.2, -0.15) is 11.8 Å². The lowest BCUT2D eigenvalue weighted by Crippen LogP contribution is -2.40. The molecule has 1 aliphatic rings. The fraction of sp³-hybridized carbons (Fsp3) is 0.571. The molecule has 0 aliphatic carbocycles. The Kier molecular flexibility index (Phi) is 5.20. The van der Waals surface area contributed by atoms with Gasteiger partial charge < -0.3 is 5.32 Å². The van der Waals surface area contributed by atoms with Crippen LogP contribution < -0.4 is 5.32 Å². The second kappa shape index (κ2) is 6.67. The first-order valence-electron chi connectivity index (χ1n) is 6.32. The predicted molar refractivity (Wildman–Crippen MR) is 78.1 cm³/mol. The Morgan fingerprint density at radius 3 is 3.12 bits per heavy atom. The number of hydrogen-bond donors (Lipinski definition) is 1. The third-order valence-electron chi connectivity index (χ3n) is 3.11. The van der Waals surface area contributed by atoms with Gasteiger partial charge in [-0.3, -0.25) is 0 Å². The monoisotopic (exact) mass is 269 g/mol. The average Bonchev–Trinajstić information content (AvgIpc) is 2.30. The molecule has 1 aromatic carbocycles. The van der Waals surface area contributed by atoms with Gasteiger partial charge in [-0.1, -0.05) is 23.7 Å². The third-order valence-corrected chi connectivity index (χ3v) is 4.56. The maximum atomic E-state index is 6.00. The summed E-state index contributed by atoms with van der Waals surface area (Å²) in [5.74, 6) is 2.60. The molecule has 0 saturated carbocycles. The smallest absolute Gasteiger partial charge is 0.0408 e. The van der Waals surface area contributed by atoms with Gasteiger partial charge in [-0.15, -0.1) is 0 Å². The van der Waals surface area contributed by atoms with Gasteiger partial charge in [0.15, 0.2) is 0 Å². The van der Waals surface area contributed by atoms with Crippen molar-refractivity contribution in [3.05, 3.63) is 34.9 Å². The third kappa shape index (κ3) is 4.53.